The Hall–Kier alpha value is -0.550. The van der Waals surface area contributed by atoms with E-state index in [9.17, 15) is 9.00 Å². The second kappa shape index (κ2) is 2.84. The van der Waals surface area contributed by atoms with E-state index in [4.69, 9.17) is 10.8 Å². The summed E-state index contributed by atoms with van der Waals surface area (Å²) in [5.74, 6) is -1.08. The largest absolute Gasteiger partial charge is 0.462 e. The Morgan fingerprint density at radius 3 is 2.44 bits per heavy atom. The number of amides is 1. The van der Waals surface area contributed by atoms with Crippen molar-refractivity contribution in [2.75, 3.05) is 5.75 Å². The van der Waals surface area contributed by atoms with Crippen molar-refractivity contribution >= 4 is 17.6 Å². The highest BCUT2D eigenvalue weighted by Crippen LogP contribution is 1.99. The average Bonchev–Trinajstić information content (AvgIpc) is 1.65. The van der Waals surface area contributed by atoms with Gasteiger partial charge in [0, 0.05) is 4.21 Å². The van der Waals surface area contributed by atoms with Crippen LogP contribution in [0.1, 0.15) is 6.92 Å². The van der Waals surface area contributed by atoms with E-state index in [1.54, 1.807) is 0 Å². The molecule has 0 aromatic rings. The first-order valence-corrected chi connectivity index (χ1v) is 3.19. The smallest absolute Gasteiger partial charge is 0.375 e. The first kappa shape index (κ1) is 8.45. The molecule has 0 rings (SSSR count). The van der Waals surface area contributed by atoms with E-state index in [-0.39, 0.29) is 17.4 Å². The van der Waals surface area contributed by atoms with Crippen LogP contribution in [0.2, 0.25) is 0 Å². The Kier molecular flexibility index (Phi) is 2.66. The molecule has 0 aliphatic rings. The van der Waals surface area contributed by atoms with Gasteiger partial charge in [-0.2, -0.15) is 0 Å². The molecule has 0 bridgehead atoms. The summed E-state index contributed by atoms with van der Waals surface area (Å²) < 4.78 is 9.80. The summed E-state index contributed by atoms with van der Waals surface area (Å²) in [5.41, 5.74) is 3.05. The maximum atomic E-state index is 10.2. The molecular formula is C4H8NO3S+. The number of hydrogen-bond acceptors (Lipinski definition) is 3. The lowest BCUT2D eigenvalue weighted by Crippen LogP contribution is -2.43. The molecule has 0 radical (unpaired) electrons. The maximum Gasteiger partial charge on any atom is 0.462 e. The zero-order chi connectivity index (χ0) is 7.49. The normalized spacial score (nSPS) is 16.2. The zero-order valence-corrected chi connectivity index (χ0v) is 5.77. The van der Waals surface area contributed by atoms with Gasteiger partial charge in [-0.3, -0.25) is 4.79 Å². The van der Waals surface area contributed by atoms with Crippen LogP contribution in [0.3, 0.4) is 0 Å². The van der Waals surface area contributed by atoms with Gasteiger partial charge in [-0.15, -0.1) is 0 Å². The fourth-order valence-electron chi connectivity index (χ4n) is 0.186. The summed E-state index contributed by atoms with van der Waals surface area (Å²) in [6, 6.07) is 0. The van der Waals surface area contributed by atoms with Crippen LogP contribution in [0.4, 0.5) is 0 Å². The third-order valence-corrected chi connectivity index (χ3v) is 1.55. The van der Waals surface area contributed by atoms with Gasteiger partial charge in [0.2, 0.25) is 0 Å². The summed E-state index contributed by atoms with van der Waals surface area (Å²) in [4.78, 5) is 10.2. The van der Waals surface area contributed by atoms with E-state index in [1.807, 2.05) is 0 Å². The SMILES string of the molecule is CC(O)(C[S+]=O)C(N)=O. The highest BCUT2D eigenvalue weighted by Gasteiger charge is 2.34. The van der Waals surface area contributed by atoms with E-state index in [1.165, 1.54) is 6.92 Å². The van der Waals surface area contributed by atoms with Crippen LogP contribution >= 0.6 is 0 Å². The first-order chi connectivity index (χ1) is 4.00. The minimum atomic E-state index is -1.66. The molecule has 0 fully saturated rings. The predicted octanol–water partition coefficient (Wildman–Crippen LogP) is -1.35. The van der Waals surface area contributed by atoms with Gasteiger partial charge in [-0.1, -0.05) is 0 Å². The number of aliphatic hydroxyl groups is 1. The maximum absolute atomic E-state index is 10.2. The number of carbonyl (C=O) groups is 1. The molecule has 0 aliphatic heterocycles. The molecule has 0 spiro atoms. The van der Waals surface area contributed by atoms with Crippen molar-refractivity contribution in [2.45, 2.75) is 12.5 Å². The first-order valence-electron chi connectivity index (χ1n) is 2.28. The van der Waals surface area contributed by atoms with E-state index in [0.717, 1.165) is 0 Å². The van der Waals surface area contributed by atoms with Crippen molar-refractivity contribution < 1.29 is 14.1 Å². The summed E-state index contributed by atoms with van der Waals surface area (Å²) in [7, 11) is 0. The van der Waals surface area contributed by atoms with Crippen LogP contribution in [-0.4, -0.2) is 22.4 Å². The monoisotopic (exact) mass is 150 g/mol. The van der Waals surface area contributed by atoms with Crippen LogP contribution in [0, 0.1) is 0 Å². The van der Waals surface area contributed by atoms with Crippen molar-refractivity contribution in [1.82, 2.24) is 0 Å². The molecule has 9 heavy (non-hydrogen) atoms. The summed E-state index contributed by atoms with van der Waals surface area (Å²) in [5, 5.41) is 8.90. The minimum absolute atomic E-state index is 0.136. The van der Waals surface area contributed by atoms with Gasteiger partial charge in [0.25, 0.3) is 11.7 Å². The second-order valence-electron chi connectivity index (χ2n) is 1.90. The Morgan fingerprint density at radius 1 is 1.89 bits per heavy atom. The number of hydrogen-bond donors (Lipinski definition) is 2. The molecule has 1 atom stereocenters. The van der Waals surface area contributed by atoms with Crippen LogP contribution in [-0.2, 0) is 20.7 Å². The van der Waals surface area contributed by atoms with Crippen LogP contribution in [0.15, 0.2) is 0 Å². The fraction of sp³-hybridized carbons (Fsp3) is 0.750. The number of rotatable bonds is 3. The molecule has 0 saturated heterocycles. The molecule has 1 unspecified atom stereocenters. The van der Waals surface area contributed by atoms with Crippen molar-refractivity contribution in [3.63, 3.8) is 0 Å². The summed E-state index contributed by atoms with van der Waals surface area (Å²) in [6.07, 6.45) is 0. The highest BCUT2D eigenvalue weighted by atomic mass is 32.1. The van der Waals surface area contributed by atoms with Gasteiger partial charge in [0.05, 0.1) is 0 Å². The lowest BCUT2D eigenvalue weighted by atomic mass is 10.1. The number of carbonyl (C=O) groups excluding carboxylic acids is 1. The summed E-state index contributed by atoms with van der Waals surface area (Å²) >= 11 is 0.136. The predicted molar refractivity (Wildman–Crippen MR) is 32.7 cm³/mol. The number of primary amides is 1. The Balaban J connectivity index is 4.00. The van der Waals surface area contributed by atoms with E-state index in [2.05, 4.69) is 0 Å². The highest BCUT2D eigenvalue weighted by molar-refractivity contribution is 7.65. The van der Waals surface area contributed by atoms with Crippen molar-refractivity contribution in [3.8, 4) is 0 Å². The third kappa shape index (κ3) is 2.48. The molecule has 1 amide bonds. The standard InChI is InChI=1S/C4H7NO3S/c1-4(7,2-9-8)3(5)6/h7H,2H2,1H3,(H-,5,6)/p+1. The van der Waals surface area contributed by atoms with Gasteiger partial charge in [-0.25, -0.2) is 0 Å². The quantitative estimate of drug-likeness (QED) is 0.488. The zero-order valence-electron chi connectivity index (χ0n) is 4.96. The average molecular weight is 150 g/mol. The van der Waals surface area contributed by atoms with Gasteiger partial charge in [0.15, 0.2) is 5.60 Å². The van der Waals surface area contributed by atoms with Gasteiger partial charge in [0.1, 0.15) is 0 Å². The fourth-order valence-corrected chi connectivity index (χ4v) is 0.558. The molecule has 0 saturated carbocycles. The molecule has 0 aromatic carbocycles. The molecular weight excluding hydrogens is 142 g/mol. The van der Waals surface area contributed by atoms with Gasteiger partial charge in [-0.05, 0) is 6.92 Å². The topological polar surface area (TPSA) is 80.4 Å². The van der Waals surface area contributed by atoms with Crippen molar-refractivity contribution in [1.29, 1.82) is 0 Å². The lowest BCUT2D eigenvalue weighted by Gasteiger charge is -2.08. The van der Waals surface area contributed by atoms with Crippen molar-refractivity contribution in [3.05, 3.63) is 0 Å². The third-order valence-electron chi connectivity index (χ3n) is 0.871. The van der Waals surface area contributed by atoms with E-state index >= 15 is 0 Å². The molecule has 0 heterocycles. The molecule has 5 heteroatoms. The Morgan fingerprint density at radius 2 is 2.33 bits per heavy atom. The van der Waals surface area contributed by atoms with Crippen LogP contribution in [0.5, 0.6) is 0 Å². The Labute approximate surface area is 56.5 Å². The van der Waals surface area contributed by atoms with Crippen LogP contribution in [0.25, 0.3) is 0 Å². The molecule has 52 valence electrons. The summed E-state index contributed by atoms with van der Waals surface area (Å²) in [6.45, 7) is 1.21. The molecule has 4 nitrogen and oxygen atoms in total. The van der Waals surface area contributed by atoms with E-state index < -0.39 is 11.5 Å². The second-order valence-corrected chi connectivity index (χ2v) is 2.42. The molecule has 0 aliphatic carbocycles. The van der Waals surface area contributed by atoms with Gasteiger partial charge < -0.3 is 10.8 Å². The molecule has 3 N–H and O–H groups in total. The molecule has 0 aromatic heterocycles. The van der Waals surface area contributed by atoms with Gasteiger partial charge >= 0.3 is 11.7 Å². The minimum Gasteiger partial charge on any atom is -0.375 e. The van der Waals surface area contributed by atoms with E-state index in [0.29, 0.717) is 0 Å². The van der Waals surface area contributed by atoms with Crippen LogP contribution < -0.4 is 5.73 Å². The lowest BCUT2D eigenvalue weighted by molar-refractivity contribution is -0.132. The van der Waals surface area contributed by atoms with Crippen molar-refractivity contribution in [2.24, 2.45) is 5.73 Å². The number of nitrogens with two attached hydrogens (primary N) is 1. The Bertz CT molecular complexity index is 134.